The molecule has 0 heterocycles. The molecule has 0 amide bonds. The van der Waals surface area contributed by atoms with Gasteiger partial charge in [0.15, 0.2) is 0 Å². The average molecular weight is 718 g/mol. The van der Waals surface area contributed by atoms with Gasteiger partial charge in [-0.05, 0) is 111 Å². The molecule has 0 aromatic rings. The van der Waals surface area contributed by atoms with Crippen molar-refractivity contribution in [1.82, 2.24) is 0 Å². The third-order valence-electron chi connectivity index (χ3n) is 10.5. The zero-order valence-corrected chi connectivity index (χ0v) is 31.3. The zero-order chi connectivity index (χ0) is 28.7. The molecule has 0 nitrogen and oxygen atoms in total. The first-order valence-corrected chi connectivity index (χ1v) is 26.1. The number of halogens is 2. The third-order valence-corrected chi connectivity index (χ3v) is 18.6. The third kappa shape index (κ3) is 13.0. The normalized spacial score (nSPS) is 25.6. The Morgan fingerprint density at radius 3 is 0.675 bits per heavy atom. The molecule has 6 aliphatic rings. The Bertz CT molecular complexity index is 550. The van der Waals surface area contributed by atoms with Crippen LogP contribution in [0.2, 0.25) is 0 Å². The van der Waals surface area contributed by atoms with Crippen LogP contribution in [0.4, 0.5) is 0 Å². The van der Waals surface area contributed by atoms with Crippen molar-refractivity contribution in [2.75, 3.05) is 0 Å². The molecule has 0 unspecified atom stereocenters. The van der Waals surface area contributed by atoms with Crippen LogP contribution < -0.4 is 0 Å². The molecule has 0 aromatic heterocycles. The van der Waals surface area contributed by atoms with Gasteiger partial charge in [-0.25, -0.2) is 0 Å². The molecule has 0 aromatic carbocycles. The fourth-order valence-electron chi connectivity index (χ4n) is 9.00. The van der Waals surface area contributed by atoms with Crippen LogP contribution >= 0.6 is 35.2 Å². The van der Waals surface area contributed by atoms with Crippen molar-refractivity contribution in [2.45, 2.75) is 202 Å². The molecular weight excluding hydrogens is 654 g/mol. The van der Waals surface area contributed by atoms with Crippen LogP contribution in [0, 0.1) is 6.58 Å². The Labute approximate surface area is 266 Å². The van der Waals surface area contributed by atoms with Crippen LogP contribution in [-0.2, 0) is 13.5 Å². The van der Waals surface area contributed by atoms with E-state index in [1.165, 1.54) is 34.0 Å². The predicted octanol–water partition coefficient (Wildman–Crippen LogP) is 13.3. The molecule has 40 heavy (non-hydrogen) atoms. The molecule has 0 radical (unpaired) electrons. The minimum atomic E-state index is -1.48. The molecule has 0 spiro atoms. The van der Waals surface area contributed by atoms with Gasteiger partial charge in [-0.2, -0.15) is 0 Å². The van der Waals surface area contributed by atoms with E-state index in [4.69, 9.17) is 26.0 Å². The summed E-state index contributed by atoms with van der Waals surface area (Å²) in [7, 11) is 11.0. The number of hydrogen-bond acceptors (Lipinski definition) is 0. The van der Waals surface area contributed by atoms with Crippen LogP contribution in [-0.4, -0.2) is 39.1 Å². The van der Waals surface area contributed by atoms with E-state index in [9.17, 15) is 0 Å². The first-order chi connectivity index (χ1) is 19.4. The molecule has 5 heteroatoms. The zero-order valence-electron chi connectivity index (χ0n) is 26.2. The van der Waals surface area contributed by atoms with Crippen LogP contribution in [0.1, 0.15) is 168 Å². The Morgan fingerprint density at radius 2 is 0.575 bits per heavy atom. The van der Waals surface area contributed by atoms with Gasteiger partial charge in [-0.1, -0.05) is 107 Å². The summed E-state index contributed by atoms with van der Waals surface area (Å²) < 4.78 is 0. The maximum atomic E-state index is 5.07. The van der Waals surface area contributed by atoms with Gasteiger partial charge in [-0.15, -0.1) is 0 Å². The van der Waals surface area contributed by atoms with E-state index < -0.39 is 13.5 Å². The first kappa shape index (κ1) is 36.1. The molecule has 0 aliphatic heterocycles. The van der Waals surface area contributed by atoms with Gasteiger partial charge in [0.1, 0.15) is 0 Å². The summed E-state index contributed by atoms with van der Waals surface area (Å²) in [5.74, 6) is 0. The molecule has 0 N–H and O–H groups in total. The molecule has 236 valence electrons. The van der Waals surface area contributed by atoms with Gasteiger partial charge in [0.2, 0.25) is 0 Å². The van der Waals surface area contributed by atoms with Gasteiger partial charge in [0.05, 0.1) is 0 Å². The summed E-state index contributed by atoms with van der Waals surface area (Å²) in [4.78, 5) is 0. The van der Waals surface area contributed by atoms with Gasteiger partial charge < -0.3 is 6.58 Å². The summed E-state index contributed by atoms with van der Waals surface area (Å²) in [6.45, 7) is 8.75. The van der Waals surface area contributed by atoms with E-state index >= 15 is 0 Å². The summed E-state index contributed by atoms with van der Waals surface area (Å²) in [5, 5.41) is 3.31. The van der Waals surface area contributed by atoms with Gasteiger partial charge in [-0.3, -0.25) is 5.57 Å². The molecule has 6 aliphatic carbocycles. The molecule has 6 rings (SSSR count). The van der Waals surface area contributed by atoms with E-state index in [0.29, 0.717) is 15.8 Å². The number of hydrogen-bond donors (Lipinski definition) is 0. The number of rotatable bonds is 6. The molecule has 6 saturated carbocycles. The summed E-state index contributed by atoms with van der Waals surface area (Å²) in [6, 6.07) is 0. The molecule has 0 bridgehead atoms. The quantitative estimate of drug-likeness (QED) is 0.146. The molecule has 6 fully saturated rings. The minimum absolute atomic E-state index is 0.436. The summed E-state index contributed by atoms with van der Waals surface area (Å²) in [6.07, 6.45) is 38.0. The monoisotopic (exact) mass is 717 g/mol. The second-order valence-electron chi connectivity index (χ2n) is 13.8. The topological polar surface area (TPSA) is 0 Å². The Hall–Kier alpha value is 1.67. The van der Waals surface area contributed by atoms with Crippen LogP contribution in [0.25, 0.3) is 0 Å². The van der Waals surface area contributed by atoms with Crippen LogP contribution in [0.5, 0.6) is 0 Å². The van der Waals surface area contributed by atoms with Crippen molar-refractivity contribution in [3.8, 4) is 0 Å². The molecular formula is C35H63Cl2P2Ru-. The van der Waals surface area contributed by atoms with E-state index in [1.54, 1.807) is 154 Å². The Kier molecular flexibility index (Phi) is 18.7. The van der Waals surface area contributed by atoms with E-state index in [1.807, 2.05) is 13.8 Å². The molecule has 0 saturated heterocycles. The number of allylic oxidation sites excluding steroid dienone is 1. The predicted molar refractivity (Wildman–Crippen MR) is 185 cm³/mol. The fourth-order valence-corrected chi connectivity index (χ4v) is 18.3. The second kappa shape index (κ2) is 20.7. The van der Waals surface area contributed by atoms with E-state index in [0.717, 1.165) is 5.57 Å². The summed E-state index contributed by atoms with van der Waals surface area (Å²) >= 11 is -1.48. The fraction of sp³-hybridized carbons (Fsp3) is 0.914. The van der Waals surface area contributed by atoms with Crippen molar-refractivity contribution >= 4 is 40.3 Å². The van der Waals surface area contributed by atoms with Crippen molar-refractivity contribution in [3.63, 3.8) is 0 Å². The van der Waals surface area contributed by atoms with Crippen LogP contribution in [0.3, 0.4) is 0 Å². The van der Waals surface area contributed by atoms with Crippen molar-refractivity contribution in [1.29, 1.82) is 0 Å². The van der Waals surface area contributed by atoms with Crippen LogP contribution in [0.15, 0.2) is 5.57 Å². The first-order valence-electron chi connectivity index (χ1n) is 17.3. The van der Waals surface area contributed by atoms with Crippen molar-refractivity contribution < 1.29 is 13.5 Å². The Morgan fingerprint density at radius 1 is 0.475 bits per heavy atom. The van der Waals surface area contributed by atoms with Crippen molar-refractivity contribution in [3.05, 3.63) is 12.2 Å². The summed E-state index contributed by atoms with van der Waals surface area (Å²) in [5.41, 5.74) is 8.17. The van der Waals surface area contributed by atoms with E-state index in [2.05, 4.69) is 5.11 Å². The van der Waals surface area contributed by atoms with Gasteiger partial charge >= 0.3 is 38.0 Å². The maximum absolute atomic E-state index is 5.07. The van der Waals surface area contributed by atoms with Gasteiger partial charge in [0.25, 0.3) is 0 Å². The van der Waals surface area contributed by atoms with E-state index in [-0.39, 0.29) is 0 Å². The standard InChI is InChI=1S/2C15H27P.C4H7.CH2.2ClH.Ru/c2*1-2-8-13(7-1)16(14-9-3-4-10-14)15-11-5-6-12-15;1-4(2)3;;;;/h2*13-15H,1-12H2;1H,2-3H3;1H2;2*1H;/q;;-1;;;;+2/p-2. The SMILES string of the molecule is C1CCC(P(C2CCCC2)C2CCCC2)C1.C1CCC(P(C2CCCC2)C2CCCC2)C1.[CH-]=C(C)C.[CH2]=[Ru]([Cl])[Cl]. The second-order valence-corrected chi connectivity index (χ2v) is 25.8. The molecule has 0 atom stereocenters. The average Bonchev–Trinajstić information content (AvgIpc) is 3.72. The van der Waals surface area contributed by atoms with Crippen molar-refractivity contribution in [2.24, 2.45) is 0 Å². The Balaban J connectivity index is 0.000000175. The van der Waals surface area contributed by atoms with Gasteiger partial charge in [0, 0.05) is 0 Å².